The molecule has 31 heavy (non-hydrogen) atoms. The standard InChI is InChI=1S/C24H24ClN5O/c1-15(31)27-16-9-11-17(12-10-16)28-22-13-21(24(2,3)4)29-23-19(14-26-30(22)23)18-7-5-6-8-20(18)25/h5-14,28H,1-4H3,(H,27,31). The highest BCUT2D eigenvalue weighted by molar-refractivity contribution is 6.33. The molecule has 0 fully saturated rings. The van der Waals surface area contributed by atoms with Gasteiger partial charge in [-0.05, 0) is 30.3 Å². The number of fused-ring (bicyclic) bond motifs is 1. The van der Waals surface area contributed by atoms with Crippen LogP contribution in [0.1, 0.15) is 33.4 Å². The van der Waals surface area contributed by atoms with Gasteiger partial charge in [0.25, 0.3) is 0 Å². The van der Waals surface area contributed by atoms with Gasteiger partial charge in [-0.15, -0.1) is 0 Å². The second kappa shape index (κ2) is 8.04. The third-order valence-corrected chi connectivity index (χ3v) is 5.21. The molecule has 0 unspecified atom stereocenters. The first kappa shape index (κ1) is 20.9. The molecule has 2 N–H and O–H groups in total. The van der Waals surface area contributed by atoms with Crippen molar-refractivity contribution in [3.05, 3.63) is 71.5 Å². The van der Waals surface area contributed by atoms with E-state index in [1.807, 2.05) is 54.6 Å². The molecule has 2 aromatic carbocycles. The molecule has 0 saturated heterocycles. The molecule has 0 bridgehead atoms. The van der Waals surface area contributed by atoms with Gasteiger partial charge in [-0.2, -0.15) is 9.61 Å². The average molecular weight is 434 g/mol. The van der Waals surface area contributed by atoms with Crippen molar-refractivity contribution in [1.82, 2.24) is 14.6 Å². The smallest absolute Gasteiger partial charge is 0.221 e. The zero-order valence-electron chi connectivity index (χ0n) is 17.9. The Bertz CT molecular complexity index is 1260. The molecule has 2 heterocycles. The number of nitrogens with one attached hydrogen (secondary N) is 2. The van der Waals surface area contributed by atoms with Gasteiger partial charge in [-0.1, -0.05) is 50.6 Å². The first-order valence-electron chi connectivity index (χ1n) is 10.0. The number of hydrogen-bond acceptors (Lipinski definition) is 4. The van der Waals surface area contributed by atoms with Crippen molar-refractivity contribution < 1.29 is 4.79 Å². The van der Waals surface area contributed by atoms with Gasteiger partial charge in [0, 0.05) is 45.9 Å². The number of anilines is 3. The van der Waals surface area contributed by atoms with Crippen LogP contribution in [-0.4, -0.2) is 20.5 Å². The number of nitrogens with zero attached hydrogens (tertiary/aromatic N) is 3. The molecule has 0 spiro atoms. The van der Waals surface area contributed by atoms with E-state index in [2.05, 4.69) is 36.5 Å². The molecule has 6 nitrogen and oxygen atoms in total. The third kappa shape index (κ3) is 4.39. The van der Waals surface area contributed by atoms with Crippen LogP contribution < -0.4 is 10.6 Å². The van der Waals surface area contributed by atoms with Crippen molar-refractivity contribution in [1.29, 1.82) is 0 Å². The summed E-state index contributed by atoms with van der Waals surface area (Å²) in [4.78, 5) is 16.2. The maximum atomic E-state index is 11.3. The molecule has 0 aliphatic heterocycles. The Kier molecular flexibility index (Phi) is 5.41. The lowest BCUT2D eigenvalue weighted by Gasteiger charge is -2.20. The number of amides is 1. The fraction of sp³-hybridized carbons (Fsp3) is 0.208. The van der Waals surface area contributed by atoms with Crippen LogP contribution in [0.5, 0.6) is 0 Å². The second-order valence-electron chi connectivity index (χ2n) is 8.43. The van der Waals surface area contributed by atoms with Crippen molar-refractivity contribution in [2.24, 2.45) is 0 Å². The summed E-state index contributed by atoms with van der Waals surface area (Å²) in [5, 5.41) is 11.5. The average Bonchev–Trinajstić information content (AvgIpc) is 3.13. The van der Waals surface area contributed by atoms with E-state index in [9.17, 15) is 4.79 Å². The van der Waals surface area contributed by atoms with Gasteiger partial charge < -0.3 is 10.6 Å². The van der Waals surface area contributed by atoms with Crippen LogP contribution in [0.25, 0.3) is 16.8 Å². The summed E-state index contributed by atoms with van der Waals surface area (Å²) in [6.45, 7) is 7.87. The Labute approximate surface area is 186 Å². The van der Waals surface area contributed by atoms with Crippen molar-refractivity contribution in [2.45, 2.75) is 33.1 Å². The van der Waals surface area contributed by atoms with Crippen LogP contribution in [0, 0.1) is 0 Å². The number of aromatic nitrogens is 3. The fourth-order valence-electron chi connectivity index (χ4n) is 3.29. The number of rotatable bonds is 4. The van der Waals surface area contributed by atoms with Gasteiger partial charge in [-0.25, -0.2) is 4.98 Å². The van der Waals surface area contributed by atoms with Gasteiger partial charge in [0.1, 0.15) is 5.82 Å². The van der Waals surface area contributed by atoms with Crippen molar-refractivity contribution >= 4 is 40.3 Å². The minimum absolute atomic E-state index is 0.102. The molecular formula is C24H24ClN5O. The van der Waals surface area contributed by atoms with E-state index in [1.54, 1.807) is 10.7 Å². The summed E-state index contributed by atoms with van der Waals surface area (Å²) in [6.07, 6.45) is 1.79. The van der Waals surface area contributed by atoms with Gasteiger partial charge in [0.2, 0.25) is 5.91 Å². The molecule has 0 aliphatic rings. The minimum Gasteiger partial charge on any atom is -0.340 e. The van der Waals surface area contributed by atoms with Gasteiger partial charge in [0.15, 0.2) is 5.65 Å². The fourth-order valence-corrected chi connectivity index (χ4v) is 3.53. The molecule has 2 aromatic heterocycles. The molecule has 0 atom stereocenters. The molecule has 4 rings (SSSR count). The van der Waals surface area contributed by atoms with E-state index in [1.165, 1.54) is 6.92 Å². The number of carbonyl (C=O) groups is 1. The van der Waals surface area contributed by atoms with Crippen molar-refractivity contribution in [2.75, 3.05) is 10.6 Å². The monoisotopic (exact) mass is 433 g/mol. The molecule has 0 radical (unpaired) electrons. The number of carbonyl (C=O) groups excluding carboxylic acids is 1. The van der Waals surface area contributed by atoms with Crippen LogP contribution in [0.4, 0.5) is 17.2 Å². The Balaban J connectivity index is 1.81. The Morgan fingerprint density at radius 2 is 1.68 bits per heavy atom. The normalized spacial score (nSPS) is 11.5. The second-order valence-corrected chi connectivity index (χ2v) is 8.84. The van der Waals surface area contributed by atoms with E-state index in [0.29, 0.717) is 5.02 Å². The molecule has 0 saturated carbocycles. The first-order valence-corrected chi connectivity index (χ1v) is 10.4. The summed E-state index contributed by atoms with van der Waals surface area (Å²) >= 11 is 6.46. The van der Waals surface area contributed by atoms with E-state index in [4.69, 9.17) is 16.6 Å². The van der Waals surface area contributed by atoms with E-state index in [-0.39, 0.29) is 11.3 Å². The quantitative estimate of drug-likeness (QED) is 0.411. The number of hydrogen-bond donors (Lipinski definition) is 2. The molecule has 4 aromatic rings. The van der Waals surface area contributed by atoms with Gasteiger partial charge in [0.05, 0.1) is 11.9 Å². The lowest BCUT2D eigenvalue weighted by atomic mass is 9.92. The van der Waals surface area contributed by atoms with E-state index >= 15 is 0 Å². The summed E-state index contributed by atoms with van der Waals surface area (Å²) in [5.74, 6) is 0.690. The maximum absolute atomic E-state index is 11.3. The lowest BCUT2D eigenvalue weighted by molar-refractivity contribution is -0.114. The highest BCUT2D eigenvalue weighted by Gasteiger charge is 2.21. The molecule has 7 heteroatoms. The van der Waals surface area contributed by atoms with Crippen molar-refractivity contribution in [3.63, 3.8) is 0 Å². The SMILES string of the molecule is CC(=O)Nc1ccc(Nc2cc(C(C)(C)C)nc3c(-c4ccccc4Cl)cnn23)cc1. The Hall–Kier alpha value is -3.38. The van der Waals surface area contributed by atoms with Crippen LogP contribution in [0.3, 0.4) is 0 Å². The van der Waals surface area contributed by atoms with Crippen LogP contribution in [-0.2, 0) is 10.2 Å². The summed E-state index contributed by atoms with van der Waals surface area (Å²) in [6, 6.07) is 17.2. The molecule has 158 valence electrons. The number of halogens is 1. The number of benzene rings is 2. The maximum Gasteiger partial charge on any atom is 0.221 e. The highest BCUT2D eigenvalue weighted by atomic mass is 35.5. The van der Waals surface area contributed by atoms with Crippen LogP contribution >= 0.6 is 11.6 Å². The van der Waals surface area contributed by atoms with E-state index in [0.717, 1.165) is 39.7 Å². The Morgan fingerprint density at radius 1 is 1.00 bits per heavy atom. The largest absolute Gasteiger partial charge is 0.340 e. The summed E-state index contributed by atoms with van der Waals surface area (Å²) in [5.41, 5.74) is 4.90. The van der Waals surface area contributed by atoms with Gasteiger partial charge >= 0.3 is 0 Å². The van der Waals surface area contributed by atoms with E-state index < -0.39 is 0 Å². The zero-order chi connectivity index (χ0) is 22.2. The predicted octanol–water partition coefficient (Wildman–Crippen LogP) is 6.05. The predicted molar refractivity (Wildman–Crippen MR) is 126 cm³/mol. The van der Waals surface area contributed by atoms with Gasteiger partial charge in [-0.3, -0.25) is 4.79 Å². The zero-order valence-corrected chi connectivity index (χ0v) is 18.7. The first-order chi connectivity index (χ1) is 14.7. The summed E-state index contributed by atoms with van der Waals surface area (Å²) in [7, 11) is 0. The minimum atomic E-state index is -0.157. The van der Waals surface area contributed by atoms with Crippen molar-refractivity contribution in [3.8, 4) is 11.1 Å². The highest BCUT2D eigenvalue weighted by Crippen LogP contribution is 2.33. The van der Waals surface area contributed by atoms with Crippen LogP contribution in [0.15, 0.2) is 60.8 Å². The molecular weight excluding hydrogens is 410 g/mol. The summed E-state index contributed by atoms with van der Waals surface area (Å²) < 4.78 is 1.79. The molecule has 0 aliphatic carbocycles. The Morgan fingerprint density at radius 3 is 2.32 bits per heavy atom. The third-order valence-electron chi connectivity index (χ3n) is 4.88. The van der Waals surface area contributed by atoms with Crippen LogP contribution in [0.2, 0.25) is 5.02 Å². The molecule has 1 amide bonds. The lowest BCUT2D eigenvalue weighted by Crippen LogP contribution is -2.16. The topological polar surface area (TPSA) is 71.3 Å².